The van der Waals surface area contributed by atoms with Crippen LogP contribution in [0.5, 0.6) is 5.75 Å². The first-order chi connectivity index (χ1) is 6.56. The van der Waals surface area contributed by atoms with Crippen molar-refractivity contribution in [2.24, 2.45) is 0 Å². The molecule has 3 heteroatoms. The number of hydrogen-bond acceptors (Lipinski definition) is 3. The molecule has 0 heterocycles. The van der Waals surface area contributed by atoms with Crippen molar-refractivity contribution in [2.45, 2.75) is 6.92 Å². The van der Waals surface area contributed by atoms with Crippen molar-refractivity contribution < 1.29 is 9.53 Å². The first-order valence-electron chi connectivity index (χ1n) is 4.20. The third-order valence-corrected chi connectivity index (χ3v) is 1.89. The second-order valence-corrected chi connectivity index (χ2v) is 3.06. The molecule has 14 heavy (non-hydrogen) atoms. The van der Waals surface area contributed by atoms with Crippen molar-refractivity contribution >= 4 is 11.5 Å². The van der Waals surface area contributed by atoms with Crippen LogP contribution in [0, 0.1) is 0 Å². The van der Waals surface area contributed by atoms with Gasteiger partial charge in [0.25, 0.3) is 0 Å². The fraction of sp³-hybridized carbons (Fsp3) is 0.182. The monoisotopic (exact) mass is 191 g/mol. The summed E-state index contributed by atoms with van der Waals surface area (Å²) in [5.41, 5.74) is 7.05. The SMILES string of the molecule is C=C(C)C(=O)c1ccc(OC)cc1N. The zero-order chi connectivity index (χ0) is 10.7. The normalized spacial score (nSPS) is 9.57. The lowest BCUT2D eigenvalue weighted by molar-refractivity contribution is 0.103. The highest BCUT2D eigenvalue weighted by Crippen LogP contribution is 2.21. The van der Waals surface area contributed by atoms with Gasteiger partial charge in [0, 0.05) is 17.3 Å². The highest BCUT2D eigenvalue weighted by Gasteiger charge is 2.10. The van der Waals surface area contributed by atoms with Crippen LogP contribution in [-0.4, -0.2) is 12.9 Å². The number of ether oxygens (including phenoxy) is 1. The summed E-state index contributed by atoms with van der Waals surface area (Å²) in [6.45, 7) is 5.24. The third-order valence-electron chi connectivity index (χ3n) is 1.89. The maximum absolute atomic E-state index is 11.5. The van der Waals surface area contributed by atoms with E-state index in [0.717, 1.165) is 0 Å². The van der Waals surface area contributed by atoms with Crippen LogP contribution >= 0.6 is 0 Å². The molecule has 0 aromatic heterocycles. The predicted octanol–water partition coefficient (Wildman–Crippen LogP) is 2.04. The lowest BCUT2D eigenvalue weighted by Crippen LogP contribution is -2.04. The standard InChI is InChI=1S/C11H13NO2/c1-7(2)11(13)9-5-4-8(14-3)6-10(9)12/h4-6H,1,12H2,2-3H3. The van der Waals surface area contributed by atoms with Gasteiger partial charge >= 0.3 is 0 Å². The Bertz CT molecular complexity index is 383. The number of Topliss-reactive ketones (excluding diaryl/α,β-unsaturated/α-hetero) is 1. The molecule has 2 N–H and O–H groups in total. The Morgan fingerprint density at radius 2 is 2.14 bits per heavy atom. The summed E-state index contributed by atoms with van der Waals surface area (Å²) in [6.07, 6.45) is 0. The van der Waals surface area contributed by atoms with E-state index in [9.17, 15) is 4.79 Å². The van der Waals surface area contributed by atoms with Crippen LogP contribution in [0.2, 0.25) is 0 Å². The number of carbonyl (C=O) groups excluding carboxylic acids is 1. The molecule has 3 nitrogen and oxygen atoms in total. The van der Waals surface area contributed by atoms with E-state index in [0.29, 0.717) is 22.6 Å². The second-order valence-electron chi connectivity index (χ2n) is 3.06. The second kappa shape index (κ2) is 3.96. The molecule has 0 unspecified atom stereocenters. The van der Waals surface area contributed by atoms with Crippen molar-refractivity contribution in [3.8, 4) is 5.75 Å². The van der Waals surface area contributed by atoms with E-state index in [1.807, 2.05) is 0 Å². The molecule has 0 saturated carbocycles. The van der Waals surface area contributed by atoms with E-state index < -0.39 is 0 Å². The number of nitrogens with two attached hydrogens (primary N) is 1. The van der Waals surface area contributed by atoms with Crippen LogP contribution in [0.1, 0.15) is 17.3 Å². The van der Waals surface area contributed by atoms with Crippen molar-refractivity contribution in [3.63, 3.8) is 0 Å². The Morgan fingerprint density at radius 3 is 2.57 bits per heavy atom. The molecule has 0 fully saturated rings. The molecule has 0 aliphatic rings. The van der Waals surface area contributed by atoms with Gasteiger partial charge in [-0.2, -0.15) is 0 Å². The summed E-state index contributed by atoms with van der Waals surface area (Å²) < 4.78 is 4.98. The zero-order valence-corrected chi connectivity index (χ0v) is 8.33. The van der Waals surface area contributed by atoms with E-state index in [4.69, 9.17) is 10.5 Å². The Balaban J connectivity index is 3.12. The van der Waals surface area contributed by atoms with Gasteiger partial charge in [-0.25, -0.2) is 0 Å². The zero-order valence-electron chi connectivity index (χ0n) is 8.33. The maximum atomic E-state index is 11.5. The third kappa shape index (κ3) is 1.93. The first-order valence-corrected chi connectivity index (χ1v) is 4.20. The molecule has 1 aromatic carbocycles. The number of rotatable bonds is 3. The molecule has 1 aromatic rings. The van der Waals surface area contributed by atoms with Gasteiger partial charge in [-0.15, -0.1) is 0 Å². The average Bonchev–Trinajstić information content (AvgIpc) is 2.16. The number of hydrogen-bond donors (Lipinski definition) is 1. The molecule has 74 valence electrons. The van der Waals surface area contributed by atoms with Gasteiger partial charge in [0.05, 0.1) is 7.11 Å². The van der Waals surface area contributed by atoms with Crippen molar-refractivity contribution in [2.75, 3.05) is 12.8 Å². The van der Waals surface area contributed by atoms with Crippen LogP contribution in [-0.2, 0) is 0 Å². The quantitative estimate of drug-likeness (QED) is 0.452. The molecular formula is C11H13NO2. The summed E-state index contributed by atoms with van der Waals surface area (Å²) >= 11 is 0. The number of ketones is 1. The van der Waals surface area contributed by atoms with Gasteiger partial charge in [-0.05, 0) is 24.6 Å². The van der Waals surface area contributed by atoms with Crippen molar-refractivity contribution in [1.82, 2.24) is 0 Å². The largest absolute Gasteiger partial charge is 0.497 e. The van der Waals surface area contributed by atoms with Gasteiger partial charge in [-0.1, -0.05) is 6.58 Å². The lowest BCUT2D eigenvalue weighted by Gasteiger charge is -2.06. The van der Waals surface area contributed by atoms with Crippen LogP contribution < -0.4 is 10.5 Å². The molecule has 0 aliphatic heterocycles. The number of anilines is 1. The average molecular weight is 191 g/mol. The van der Waals surface area contributed by atoms with E-state index >= 15 is 0 Å². The van der Waals surface area contributed by atoms with Gasteiger partial charge in [-0.3, -0.25) is 4.79 Å². The minimum absolute atomic E-state index is 0.134. The fourth-order valence-corrected chi connectivity index (χ4v) is 1.10. The van der Waals surface area contributed by atoms with Crippen molar-refractivity contribution in [1.29, 1.82) is 0 Å². The summed E-state index contributed by atoms with van der Waals surface area (Å²) in [7, 11) is 1.55. The number of nitrogen functional groups attached to an aromatic ring is 1. The number of methoxy groups -OCH3 is 1. The highest BCUT2D eigenvalue weighted by atomic mass is 16.5. The van der Waals surface area contributed by atoms with Gasteiger partial charge in [0.2, 0.25) is 0 Å². The number of benzene rings is 1. The van der Waals surface area contributed by atoms with Crippen LogP contribution in [0.3, 0.4) is 0 Å². The van der Waals surface area contributed by atoms with Crippen LogP contribution in [0.15, 0.2) is 30.4 Å². The van der Waals surface area contributed by atoms with Crippen molar-refractivity contribution in [3.05, 3.63) is 35.9 Å². The number of carbonyl (C=O) groups is 1. The minimum Gasteiger partial charge on any atom is -0.497 e. The molecule has 0 saturated heterocycles. The summed E-state index contributed by atoms with van der Waals surface area (Å²) in [5, 5.41) is 0. The van der Waals surface area contributed by atoms with Crippen LogP contribution in [0.25, 0.3) is 0 Å². The van der Waals surface area contributed by atoms with E-state index in [2.05, 4.69) is 6.58 Å². The van der Waals surface area contributed by atoms with Crippen LogP contribution in [0.4, 0.5) is 5.69 Å². The lowest BCUT2D eigenvalue weighted by atomic mass is 10.0. The highest BCUT2D eigenvalue weighted by molar-refractivity contribution is 6.11. The van der Waals surface area contributed by atoms with Gasteiger partial charge in [0.1, 0.15) is 5.75 Å². The molecule has 0 bridgehead atoms. The molecule has 0 atom stereocenters. The summed E-state index contributed by atoms with van der Waals surface area (Å²) in [5.74, 6) is 0.505. The molecule has 0 amide bonds. The van der Waals surface area contributed by atoms with Gasteiger partial charge < -0.3 is 10.5 Å². The van der Waals surface area contributed by atoms with E-state index in [-0.39, 0.29) is 5.78 Å². The molecule has 0 aliphatic carbocycles. The Hall–Kier alpha value is -1.77. The Morgan fingerprint density at radius 1 is 1.50 bits per heavy atom. The molecule has 1 rings (SSSR count). The minimum atomic E-state index is -0.134. The summed E-state index contributed by atoms with van der Waals surface area (Å²) in [4.78, 5) is 11.5. The molecular weight excluding hydrogens is 178 g/mol. The topological polar surface area (TPSA) is 52.3 Å². The Labute approximate surface area is 83.2 Å². The van der Waals surface area contributed by atoms with E-state index in [1.165, 1.54) is 0 Å². The fourth-order valence-electron chi connectivity index (χ4n) is 1.10. The maximum Gasteiger partial charge on any atom is 0.190 e. The van der Waals surface area contributed by atoms with Gasteiger partial charge in [0.15, 0.2) is 5.78 Å². The molecule has 0 spiro atoms. The smallest absolute Gasteiger partial charge is 0.190 e. The summed E-state index contributed by atoms with van der Waals surface area (Å²) in [6, 6.07) is 4.97. The number of allylic oxidation sites excluding steroid dienone is 1. The predicted molar refractivity (Wildman–Crippen MR) is 56.6 cm³/mol. The molecule has 0 radical (unpaired) electrons. The Kier molecular flexibility index (Phi) is 2.92. The first kappa shape index (κ1) is 10.3. The van der Waals surface area contributed by atoms with E-state index in [1.54, 1.807) is 32.2 Å².